The molecular formula is C11H20O6. The first-order valence-corrected chi connectivity index (χ1v) is 5.46. The van der Waals surface area contributed by atoms with E-state index in [0.29, 0.717) is 0 Å². The van der Waals surface area contributed by atoms with Crippen molar-refractivity contribution in [2.45, 2.75) is 44.6 Å². The molecule has 0 aromatic carbocycles. The Hall–Kier alpha value is -0.690. The van der Waals surface area contributed by atoms with E-state index < -0.39 is 18.4 Å². The van der Waals surface area contributed by atoms with Crippen molar-refractivity contribution in [3.05, 3.63) is 0 Å². The maximum atomic E-state index is 11.0. The van der Waals surface area contributed by atoms with Crippen molar-refractivity contribution in [2.24, 2.45) is 0 Å². The van der Waals surface area contributed by atoms with Gasteiger partial charge < -0.3 is 23.7 Å². The van der Waals surface area contributed by atoms with Crippen molar-refractivity contribution in [1.29, 1.82) is 0 Å². The maximum Gasteiger partial charge on any atom is 0.305 e. The summed E-state index contributed by atoms with van der Waals surface area (Å²) in [5, 5.41) is 0. The van der Waals surface area contributed by atoms with E-state index in [0.717, 1.165) is 0 Å². The number of hydrogen-bond donors (Lipinski definition) is 0. The number of esters is 1. The first kappa shape index (κ1) is 14.4. The maximum absolute atomic E-state index is 11.0. The number of hydrogen-bond acceptors (Lipinski definition) is 6. The fourth-order valence-electron chi connectivity index (χ4n) is 2.07. The summed E-state index contributed by atoms with van der Waals surface area (Å²) in [5.41, 5.74) is 0. The molecule has 6 heteroatoms. The van der Waals surface area contributed by atoms with E-state index in [4.69, 9.17) is 23.7 Å². The highest BCUT2D eigenvalue weighted by Crippen LogP contribution is 2.27. The molecule has 0 bridgehead atoms. The van der Waals surface area contributed by atoms with Crippen LogP contribution >= 0.6 is 0 Å². The Morgan fingerprint density at radius 1 is 1.00 bits per heavy atom. The standard InChI is InChI=1S/C11H20O6/c1-6-8(13-3)9(14-4)10(15-5)11(16-6)17-7(2)12/h6,8-11H,1-5H3/t6-,8-,9+,10+,11+/m0/s1. The van der Waals surface area contributed by atoms with Gasteiger partial charge in [-0.15, -0.1) is 0 Å². The van der Waals surface area contributed by atoms with E-state index >= 15 is 0 Å². The highest BCUT2D eigenvalue weighted by molar-refractivity contribution is 5.66. The lowest BCUT2D eigenvalue weighted by atomic mass is 9.99. The van der Waals surface area contributed by atoms with E-state index in [1.807, 2.05) is 6.92 Å². The summed E-state index contributed by atoms with van der Waals surface area (Å²) >= 11 is 0. The van der Waals surface area contributed by atoms with Crippen molar-refractivity contribution in [1.82, 2.24) is 0 Å². The van der Waals surface area contributed by atoms with Crippen LogP contribution in [0, 0.1) is 0 Å². The molecule has 0 spiro atoms. The molecule has 100 valence electrons. The molecule has 1 heterocycles. The lowest BCUT2D eigenvalue weighted by Gasteiger charge is -2.43. The number of methoxy groups -OCH3 is 3. The second-order valence-corrected chi connectivity index (χ2v) is 3.92. The fraction of sp³-hybridized carbons (Fsp3) is 0.909. The van der Waals surface area contributed by atoms with Crippen LogP contribution in [0.3, 0.4) is 0 Å². The zero-order chi connectivity index (χ0) is 13.0. The van der Waals surface area contributed by atoms with Gasteiger partial charge in [-0.05, 0) is 6.92 Å². The molecule has 0 radical (unpaired) electrons. The van der Waals surface area contributed by atoms with Crippen molar-refractivity contribution < 1.29 is 28.5 Å². The van der Waals surface area contributed by atoms with E-state index in [2.05, 4.69) is 0 Å². The predicted octanol–water partition coefficient (Wildman–Crippen LogP) is 0.339. The first-order valence-electron chi connectivity index (χ1n) is 5.46. The summed E-state index contributed by atoms with van der Waals surface area (Å²) in [6.07, 6.45) is -2.15. The molecule has 0 amide bonds. The number of carbonyl (C=O) groups excluding carboxylic acids is 1. The molecule has 1 saturated heterocycles. The van der Waals surface area contributed by atoms with Gasteiger partial charge in [0.2, 0.25) is 6.29 Å². The van der Waals surface area contributed by atoms with Gasteiger partial charge in [-0.1, -0.05) is 0 Å². The van der Waals surface area contributed by atoms with E-state index in [9.17, 15) is 4.79 Å². The molecule has 0 unspecified atom stereocenters. The molecule has 0 aromatic rings. The Balaban J connectivity index is 2.84. The Kier molecular flexibility index (Phi) is 5.32. The minimum absolute atomic E-state index is 0.249. The van der Waals surface area contributed by atoms with Crippen molar-refractivity contribution >= 4 is 5.97 Å². The molecule has 1 fully saturated rings. The van der Waals surface area contributed by atoms with Crippen LogP contribution in [0.25, 0.3) is 0 Å². The third kappa shape index (κ3) is 3.16. The lowest BCUT2D eigenvalue weighted by Crippen LogP contribution is -2.59. The molecule has 6 nitrogen and oxygen atoms in total. The van der Waals surface area contributed by atoms with Crippen molar-refractivity contribution in [3.63, 3.8) is 0 Å². The molecule has 0 saturated carbocycles. The van der Waals surface area contributed by atoms with Gasteiger partial charge in [-0.25, -0.2) is 0 Å². The second kappa shape index (κ2) is 6.30. The molecule has 0 aromatic heterocycles. The summed E-state index contributed by atoms with van der Waals surface area (Å²) in [6, 6.07) is 0. The van der Waals surface area contributed by atoms with Crippen LogP contribution in [0.15, 0.2) is 0 Å². The molecule has 1 aliphatic rings. The molecule has 5 atom stereocenters. The molecule has 17 heavy (non-hydrogen) atoms. The number of ether oxygens (including phenoxy) is 5. The highest BCUT2D eigenvalue weighted by Gasteiger charge is 2.46. The molecule has 0 N–H and O–H groups in total. The second-order valence-electron chi connectivity index (χ2n) is 3.92. The van der Waals surface area contributed by atoms with Gasteiger partial charge in [-0.2, -0.15) is 0 Å². The number of carbonyl (C=O) groups is 1. The summed E-state index contributed by atoms with van der Waals surface area (Å²) in [7, 11) is 4.65. The summed E-state index contributed by atoms with van der Waals surface area (Å²) < 4.78 is 26.6. The zero-order valence-corrected chi connectivity index (χ0v) is 10.8. The van der Waals surface area contributed by atoms with Crippen LogP contribution < -0.4 is 0 Å². The van der Waals surface area contributed by atoms with Gasteiger partial charge in [0.25, 0.3) is 0 Å². The molecule has 0 aliphatic carbocycles. The van der Waals surface area contributed by atoms with E-state index in [-0.39, 0.29) is 18.3 Å². The fourth-order valence-corrected chi connectivity index (χ4v) is 2.07. The average Bonchev–Trinajstić information content (AvgIpc) is 2.27. The normalized spacial score (nSPS) is 37.8. The zero-order valence-electron chi connectivity index (χ0n) is 10.8. The van der Waals surface area contributed by atoms with E-state index in [1.165, 1.54) is 14.0 Å². The van der Waals surface area contributed by atoms with Gasteiger partial charge in [0.15, 0.2) is 0 Å². The monoisotopic (exact) mass is 248 g/mol. The van der Waals surface area contributed by atoms with Crippen molar-refractivity contribution in [2.75, 3.05) is 21.3 Å². The Morgan fingerprint density at radius 2 is 1.53 bits per heavy atom. The van der Waals surface area contributed by atoms with Gasteiger partial charge in [0, 0.05) is 28.3 Å². The van der Waals surface area contributed by atoms with Crippen LogP contribution in [-0.2, 0) is 28.5 Å². The van der Waals surface area contributed by atoms with Gasteiger partial charge in [0.05, 0.1) is 6.10 Å². The summed E-state index contributed by atoms with van der Waals surface area (Å²) in [4.78, 5) is 11.0. The topological polar surface area (TPSA) is 63.2 Å². The Labute approximate surface area is 101 Å². The van der Waals surface area contributed by atoms with Gasteiger partial charge in [-0.3, -0.25) is 4.79 Å². The quantitative estimate of drug-likeness (QED) is 0.668. The van der Waals surface area contributed by atoms with Crippen molar-refractivity contribution in [3.8, 4) is 0 Å². The van der Waals surface area contributed by atoms with E-state index in [1.54, 1.807) is 14.2 Å². The van der Waals surface area contributed by atoms with Crippen LogP contribution in [0.1, 0.15) is 13.8 Å². The Bertz CT molecular complexity index is 256. The summed E-state index contributed by atoms with van der Waals surface area (Å²) in [5.74, 6) is -0.421. The average molecular weight is 248 g/mol. The largest absolute Gasteiger partial charge is 0.433 e. The first-order chi connectivity index (χ1) is 8.04. The van der Waals surface area contributed by atoms with Crippen LogP contribution in [0.4, 0.5) is 0 Å². The smallest absolute Gasteiger partial charge is 0.305 e. The van der Waals surface area contributed by atoms with Crippen LogP contribution in [0.2, 0.25) is 0 Å². The summed E-state index contributed by atoms with van der Waals surface area (Å²) in [6.45, 7) is 3.16. The van der Waals surface area contributed by atoms with Crippen LogP contribution in [-0.4, -0.2) is 58.0 Å². The molecule has 1 rings (SSSR count). The molecule has 1 aliphatic heterocycles. The molecular weight excluding hydrogens is 228 g/mol. The SMILES string of the molecule is CO[C@@H]1[C@@H](OC)[C@H](C)O[C@H](OC(C)=O)[C@@H]1OC. The third-order valence-corrected chi connectivity index (χ3v) is 2.83. The lowest BCUT2D eigenvalue weighted by molar-refractivity contribution is -0.296. The third-order valence-electron chi connectivity index (χ3n) is 2.83. The minimum Gasteiger partial charge on any atom is -0.433 e. The number of rotatable bonds is 4. The highest BCUT2D eigenvalue weighted by atomic mass is 16.7. The van der Waals surface area contributed by atoms with Crippen LogP contribution in [0.5, 0.6) is 0 Å². The predicted molar refractivity (Wildman–Crippen MR) is 58.5 cm³/mol. The minimum atomic E-state index is -0.774. The Morgan fingerprint density at radius 3 is 1.94 bits per heavy atom. The van der Waals surface area contributed by atoms with Gasteiger partial charge in [0.1, 0.15) is 18.3 Å². The van der Waals surface area contributed by atoms with Gasteiger partial charge >= 0.3 is 5.97 Å².